The summed E-state index contributed by atoms with van der Waals surface area (Å²) in [6, 6.07) is 15.2. The Bertz CT molecular complexity index is 734. The van der Waals surface area contributed by atoms with Crippen molar-refractivity contribution in [1.82, 2.24) is 5.32 Å². The molecule has 0 aliphatic rings. The maximum Gasteiger partial charge on any atom is 0.230 e. The van der Waals surface area contributed by atoms with Crippen LogP contribution < -0.4 is 15.4 Å². The number of rotatable bonds is 8. The molecule has 0 aromatic heterocycles. The van der Waals surface area contributed by atoms with E-state index in [0.29, 0.717) is 12.3 Å². The number of ether oxygens (including phenoxy) is 1. The van der Waals surface area contributed by atoms with Crippen molar-refractivity contribution in [3.8, 4) is 5.75 Å². The molecule has 2 aromatic rings. The molecular formula is C19H22N2O3S. The largest absolute Gasteiger partial charge is 0.497 e. The van der Waals surface area contributed by atoms with Gasteiger partial charge in [0, 0.05) is 23.5 Å². The summed E-state index contributed by atoms with van der Waals surface area (Å²) < 4.78 is 5.15. The summed E-state index contributed by atoms with van der Waals surface area (Å²) in [5, 5.41) is 5.58. The van der Waals surface area contributed by atoms with Crippen molar-refractivity contribution >= 4 is 29.3 Å². The second-order valence-corrected chi connectivity index (χ2v) is 6.53. The molecule has 2 N–H and O–H groups in total. The van der Waals surface area contributed by atoms with E-state index in [9.17, 15) is 9.59 Å². The standard InChI is InChI=1S/C19H22N2O3S/c1-14-5-3-6-15(11-14)21-18(22)9-10-20-19(23)13-25-17-8-4-7-16(12-17)24-2/h3-8,11-12H,9-10,13H2,1-2H3,(H,20,23)(H,21,22). The minimum Gasteiger partial charge on any atom is -0.497 e. The van der Waals surface area contributed by atoms with Crippen LogP contribution in [0.4, 0.5) is 5.69 Å². The average Bonchev–Trinajstić information content (AvgIpc) is 2.60. The van der Waals surface area contributed by atoms with E-state index in [1.807, 2.05) is 55.5 Å². The Morgan fingerprint density at radius 1 is 1.08 bits per heavy atom. The second kappa shape index (κ2) is 9.74. The molecule has 0 radical (unpaired) electrons. The molecule has 132 valence electrons. The predicted molar refractivity (Wildman–Crippen MR) is 101 cm³/mol. The van der Waals surface area contributed by atoms with E-state index < -0.39 is 0 Å². The number of carbonyl (C=O) groups excluding carboxylic acids is 2. The lowest BCUT2D eigenvalue weighted by atomic mass is 10.2. The number of benzene rings is 2. The third-order valence-electron chi connectivity index (χ3n) is 3.39. The summed E-state index contributed by atoms with van der Waals surface area (Å²) in [5.74, 6) is 0.841. The molecular weight excluding hydrogens is 336 g/mol. The maximum atomic E-state index is 11.9. The number of nitrogens with one attached hydrogen (secondary N) is 2. The van der Waals surface area contributed by atoms with Crippen LogP contribution in [-0.2, 0) is 9.59 Å². The fourth-order valence-corrected chi connectivity index (χ4v) is 2.93. The molecule has 0 unspecified atom stereocenters. The molecule has 0 bridgehead atoms. The minimum atomic E-state index is -0.119. The first-order chi connectivity index (χ1) is 12.1. The Kier molecular flexibility index (Phi) is 7.35. The van der Waals surface area contributed by atoms with Crippen molar-refractivity contribution in [3.63, 3.8) is 0 Å². The van der Waals surface area contributed by atoms with Gasteiger partial charge in [-0.1, -0.05) is 18.2 Å². The van der Waals surface area contributed by atoms with Crippen molar-refractivity contribution in [3.05, 3.63) is 54.1 Å². The number of anilines is 1. The number of hydrogen-bond donors (Lipinski definition) is 2. The summed E-state index contributed by atoms with van der Waals surface area (Å²) in [6.45, 7) is 2.28. The van der Waals surface area contributed by atoms with Gasteiger partial charge in [0.15, 0.2) is 0 Å². The molecule has 0 spiro atoms. The number of carbonyl (C=O) groups is 2. The van der Waals surface area contributed by atoms with Gasteiger partial charge in [-0.2, -0.15) is 0 Å². The molecule has 2 rings (SSSR count). The van der Waals surface area contributed by atoms with Crippen molar-refractivity contribution in [2.45, 2.75) is 18.2 Å². The van der Waals surface area contributed by atoms with E-state index in [0.717, 1.165) is 21.9 Å². The first-order valence-electron chi connectivity index (χ1n) is 7.97. The Labute approximate surface area is 152 Å². The number of amides is 2. The minimum absolute atomic E-state index is 0.101. The first-order valence-corrected chi connectivity index (χ1v) is 8.95. The quantitative estimate of drug-likeness (QED) is 0.711. The summed E-state index contributed by atoms with van der Waals surface area (Å²) in [5.41, 5.74) is 1.85. The van der Waals surface area contributed by atoms with Crippen molar-refractivity contribution in [2.75, 3.05) is 24.7 Å². The van der Waals surface area contributed by atoms with Crippen LogP contribution in [-0.4, -0.2) is 31.2 Å². The van der Waals surface area contributed by atoms with Gasteiger partial charge in [0.25, 0.3) is 0 Å². The van der Waals surface area contributed by atoms with E-state index in [4.69, 9.17) is 4.74 Å². The third kappa shape index (κ3) is 6.89. The Morgan fingerprint density at radius 3 is 2.64 bits per heavy atom. The summed E-state index contributed by atoms with van der Waals surface area (Å²) in [6.07, 6.45) is 0.240. The van der Waals surface area contributed by atoms with Crippen LogP contribution in [0.3, 0.4) is 0 Å². The van der Waals surface area contributed by atoms with E-state index >= 15 is 0 Å². The Hall–Kier alpha value is -2.47. The fourth-order valence-electron chi connectivity index (χ4n) is 2.15. The van der Waals surface area contributed by atoms with Gasteiger partial charge < -0.3 is 15.4 Å². The molecule has 25 heavy (non-hydrogen) atoms. The Balaban J connectivity index is 1.67. The normalized spacial score (nSPS) is 10.2. The second-order valence-electron chi connectivity index (χ2n) is 5.49. The third-order valence-corrected chi connectivity index (χ3v) is 4.38. The molecule has 0 aliphatic carbocycles. The van der Waals surface area contributed by atoms with Crippen molar-refractivity contribution in [2.24, 2.45) is 0 Å². The molecule has 0 saturated heterocycles. The predicted octanol–water partition coefficient (Wildman–Crippen LogP) is 3.24. The van der Waals surface area contributed by atoms with E-state index in [1.54, 1.807) is 7.11 Å². The van der Waals surface area contributed by atoms with Gasteiger partial charge in [-0.3, -0.25) is 9.59 Å². The lowest BCUT2D eigenvalue weighted by molar-refractivity contribution is -0.119. The maximum absolute atomic E-state index is 11.9. The van der Waals surface area contributed by atoms with E-state index in [2.05, 4.69) is 10.6 Å². The number of hydrogen-bond acceptors (Lipinski definition) is 4. The lowest BCUT2D eigenvalue weighted by Gasteiger charge is -2.08. The van der Waals surface area contributed by atoms with Gasteiger partial charge in [0.05, 0.1) is 12.9 Å². The molecule has 0 aliphatic heterocycles. The highest BCUT2D eigenvalue weighted by molar-refractivity contribution is 8.00. The number of thioether (sulfide) groups is 1. The number of methoxy groups -OCH3 is 1. The van der Waals surface area contributed by atoms with Crippen LogP contribution in [0.25, 0.3) is 0 Å². The zero-order chi connectivity index (χ0) is 18.1. The van der Waals surface area contributed by atoms with Gasteiger partial charge in [0.2, 0.25) is 11.8 Å². The molecule has 5 nitrogen and oxygen atoms in total. The van der Waals surface area contributed by atoms with Gasteiger partial charge in [-0.05, 0) is 42.8 Å². The fraction of sp³-hybridized carbons (Fsp3) is 0.263. The van der Waals surface area contributed by atoms with Crippen LogP contribution in [0, 0.1) is 6.92 Å². The SMILES string of the molecule is COc1cccc(SCC(=O)NCCC(=O)Nc2cccc(C)c2)c1. The monoisotopic (exact) mass is 358 g/mol. The van der Waals surface area contributed by atoms with E-state index in [-0.39, 0.29) is 18.2 Å². The molecule has 2 aromatic carbocycles. The highest BCUT2D eigenvalue weighted by Gasteiger charge is 2.06. The summed E-state index contributed by atoms with van der Waals surface area (Å²) >= 11 is 1.43. The van der Waals surface area contributed by atoms with Crippen LogP contribution in [0.1, 0.15) is 12.0 Å². The Morgan fingerprint density at radius 2 is 1.88 bits per heavy atom. The average molecular weight is 358 g/mol. The molecule has 2 amide bonds. The molecule has 6 heteroatoms. The van der Waals surface area contributed by atoms with Crippen LogP contribution >= 0.6 is 11.8 Å². The van der Waals surface area contributed by atoms with Crippen molar-refractivity contribution < 1.29 is 14.3 Å². The van der Waals surface area contributed by atoms with Crippen LogP contribution in [0.5, 0.6) is 5.75 Å². The van der Waals surface area contributed by atoms with Crippen LogP contribution in [0.15, 0.2) is 53.4 Å². The molecule has 0 atom stereocenters. The topological polar surface area (TPSA) is 67.4 Å². The van der Waals surface area contributed by atoms with Crippen LogP contribution in [0.2, 0.25) is 0 Å². The highest BCUT2D eigenvalue weighted by Crippen LogP contribution is 2.22. The number of aryl methyl sites for hydroxylation is 1. The summed E-state index contributed by atoms with van der Waals surface area (Å²) in [4.78, 5) is 24.7. The van der Waals surface area contributed by atoms with Crippen molar-refractivity contribution in [1.29, 1.82) is 0 Å². The highest BCUT2D eigenvalue weighted by atomic mass is 32.2. The van der Waals surface area contributed by atoms with Gasteiger partial charge in [-0.15, -0.1) is 11.8 Å². The summed E-state index contributed by atoms with van der Waals surface area (Å²) in [7, 11) is 1.61. The van der Waals surface area contributed by atoms with Gasteiger partial charge in [-0.25, -0.2) is 0 Å². The van der Waals surface area contributed by atoms with Gasteiger partial charge in [0.1, 0.15) is 5.75 Å². The first kappa shape index (κ1) is 18.9. The molecule has 0 saturated carbocycles. The zero-order valence-corrected chi connectivity index (χ0v) is 15.2. The molecule has 0 fully saturated rings. The zero-order valence-electron chi connectivity index (χ0n) is 14.4. The lowest BCUT2D eigenvalue weighted by Crippen LogP contribution is -2.28. The van der Waals surface area contributed by atoms with E-state index in [1.165, 1.54) is 11.8 Å². The molecule has 0 heterocycles. The smallest absolute Gasteiger partial charge is 0.230 e. The van der Waals surface area contributed by atoms with Gasteiger partial charge >= 0.3 is 0 Å².